The number of nitrogens with zero attached hydrogens (tertiary/aromatic N) is 2. The summed E-state index contributed by atoms with van der Waals surface area (Å²) in [7, 11) is 0. The topological polar surface area (TPSA) is 86.3 Å². The fourth-order valence-electron chi connectivity index (χ4n) is 3.01. The van der Waals surface area contributed by atoms with Gasteiger partial charge in [-0.25, -0.2) is 4.79 Å². The van der Waals surface area contributed by atoms with Crippen LogP contribution in [-0.2, 0) is 0 Å². The van der Waals surface area contributed by atoms with E-state index in [4.69, 9.17) is 0 Å². The number of likely N-dealkylation sites (tertiary alicyclic amines) is 1. The molecule has 1 fully saturated rings. The van der Waals surface area contributed by atoms with Gasteiger partial charge in [-0.2, -0.15) is 4.98 Å². The molecule has 1 aliphatic heterocycles. The smallest absolute Gasteiger partial charge is 0.346 e. The molecule has 23 heavy (non-hydrogen) atoms. The molecule has 1 amide bonds. The third kappa shape index (κ3) is 2.63. The molecule has 122 valence electrons. The number of aromatic amines is 1. The van der Waals surface area contributed by atoms with Gasteiger partial charge in [-0.1, -0.05) is 32.0 Å². The van der Waals surface area contributed by atoms with Gasteiger partial charge in [-0.3, -0.25) is 4.79 Å². The van der Waals surface area contributed by atoms with E-state index in [0.717, 1.165) is 0 Å². The molecule has 1 aromatic carbocycles. The van der Waals surface area contributed by atoms with E-state index in [0.29, 0.717) is 30.4 Å². The molecule has 2 heterocycles. The first-order valence-electron chi connectivity index (χ1n) is 7.72. The van der Waals surface area contributed by atoms with Crippen LogP contribution >= 0.6 is 0 Å². The molecule has 1 aromatic heterocycles. The standard InChI is InChI=1S/C17H21N3O3/c1-16(2)10-20(9-8-17(16,3)23)14(21)13-11-6-4-5-7-12(11)18-15(22)19-13/h4-7,23H,8-10H2,1-3H3,(H,18,19,22). The molecule has 1 unspecified atom stereocenters. The van der Waals surface area contributed by atoms with E-state index in [1.807, 2.05) is 19.9 Å². The first-order valence-corrected chi connectivity index (χ1v) is 7.72. The van der Waals surface area contributed by atoms with E-state index in [1.54, 1.807) is 30.0 Å². The Bertz CT molecular complexity index is 823. The Morgan fingerprint density at radius 2 is 2.00 bits per heavy atom. The molecule has 1 aliphatic rings. The van der Waals surface area contributed by atoms with Crippen molar-refractivity contribution in [3.05, 3.63) is 40.4 Å². The van der Waals surface area contributed by atoms with E-state index in [1.165, 1.54) is 0 Å². The lowest BCUT2D eigenvalue weighted by Gasteiger charge is -2.48. The van der Waals surface area contributed by atoms with E-state index < -0.39 is 16.7 Å². The van der Waals surface area contributed by atoms with Gasteiger partial charge in [0.2, 0.25) is 0 Å². The van der Waals surface area contributed by atoms with Gasteiger partial charge in [0, 0.05) is 23.9 Å². The van der Waals surface area contributed by atoms with Gasteiger partial charge in [0.25, 0.3) is 5.91 Å². The van der Waals surface area contributed by atoms with Crippen LogP contribution in [0.1, 0.15) is 37.7 Å². The van der Waals surface area contributed by atoms with Crippen LogP contribution in [0.3, 0.4) is 0 Å². The van der Waals surface area contributed by atoms with Crippen molar-refractivity contribution in [3.8, 4) is 0 Å². The number of carbonyl (C=O) groups excluding carboxylic acids is 1. The SMILES string of the molecule is CC1(C)CN(C(=O)c2nc(=O)[nH]c3ccccc23)CCC1(C)O. The first-order chi connectivity index (χ1) is 10.7. The number of amides is 1. The van der Waals surface area contributed by atoms with Gasteiger partial charge in [-0.05, 0) is 19.4 Å². The number of H-pyrrole nitrogens is 1. The minimum Gasteiger partial charge on any atom is -0.389 e. The van der Waals surface area contributed by atoms with Crippen molar-refractivity contribution in [1.29, 1.82) is 0 Å². The molecule has 6 nitrogen and oxygen atoms in total. The van der Waals surface area contributed by atoms with Crippen molar-refractivity contribution in [2.24, 2.45) is 5.41 Å². The Hall–Kier alpha value is -2.21. The number of para-hydroxylation sites is 1. The molecule has 2 N–H and O–H groups in total. The first kappa shape index (κ1) is 15.7. The Kier molecular flexibility index (Phi) is 3.52. The summed E-state index contributed by atoms with van der Waals surface area (Å²) in [6, 6.07) is 7.13. The molecule has 2 aromatic rings. The minimum atomic E-state index is -0.826. The van der Waals surface area contributed by atoms with Crippen LogP contribution in [-0.4, -0.2) is 44.6 Å². The van der Waals surface area contributed by atoms with Crippen molar-refractivity contribution in [2.45, 2.75) is 32.8 Å². The molecule has 0 aliphatic carbocycles. The summed E-state index contributed by atoms with van der Waals surface area (Å²) in [5.41, 5.74) is -1.03. The van der Waals surface area contributed by atoms with Crippen LogP contribution in [0, 0.1) is 5.41 Å². The summed E-state index contributed by atoms with van der Waals surface area (Å²) < 4.78 is 0. The number of rotatable bonds is 1. The number of aromatic nitrogens is 2. The van der Waals surface area contributed by atoms with Crippen molar-refractivity contribution >= 4 is 16.8 Å². The zero-order valence-electron chi connectivity index (χ0n) is 13.6. The summed E-state index contributed by atoms with van der Waals surface area (Å²) in [6.07, 6.45) is 0.493. The summed E-state index contributed by atoms with van der Waals surface area (Å²) in [5.74, 6) is -0.268. The predicted molar refractivity (Wildman–Crippen MR) is 87.3 cm³/mol. The highest BCUT2D eigenvalue weighted by molar-refractivity contribution is 6.04. The Balaban J connectivity index is 2.00. The minimum absolute atomic E-state index is 0.168. The van der Waals surface area contributed by atoms with E-state index in [9.17, 15) is 14.7 Å². The lowest BCUT2D eigenvalue weighted by molar-refractivity contribution is -0.0971. The highest BCUT2D eigenvalue weighted by atomic mass is 16.3. The van der Waals surface area contributed by atoms with Crippen LogP contribution < -0.4 is 5.69 Å². The second-order valence-electron chi connectivity index (χ2n) is 7.07. The van der Waals surface area contributed by atoms with Crippen molar-refractivity contribution in [1.82, 2.24) is 14.9 Å². The number of benzene rings is 1. The van der Waals surface area contributed by atoms with Gasteiger partial charge in [0.1, 0.15) is 5.69 Å². The lowest BCUT2D eigenvalue weighted by Crippen LogP contribution is -2.57. The maximum absolute atomic E-state index is 12.9. The molecule has 0 saturated carbocycles. The number of piperidine rings is 1. The summed E-state index contributed by atoms with van der Waals surface area (Å²) in [6.45, 7) is 6.54. The van der Waals surface area contributed by atoms with E-state index in [-0.39, 0.29) is 11.6 Å². The van der Waals surface area contributed by atoms with Gasteiger partial charge in [-0.15, -0.1) is 0 Å². The highest BCUT2D eigenvalue weighted by Crippen LogP contribution is 2.38. The third-order valence-corrected chi connectivity index (χ3v) is 5.04. The largest absolute Gasteiger partial charge is 0.389 e. The van der Waals surface area contributed by atoms with Crippen LogP contribution in [0.15, 0.2) is 29.1 Å². The Morgan fingerprint density at radius 3 is 2.70 bits per heavy atom. The molecule has 0 spiro atoms. The zero-order valence-corrected chi connectivity index (χ0v) is 13.6. The van der Waals surface area contributed by atoms with Crippen molar-refractivity contribution in [3.63, 3.8) is 0 Å². The molecule has 3 rings (SSSR count). The number of hydrogen-bond donors (Lipinski definition) is 2. The predicted octanol–water partition coefficient (Wildman–Crippen LogP) is 1.55. The van der Waals surface area contributed by atoms with Gasteiger partial charge < -0.3 is 15.0 Å². The van der Waals surface area contributed by atoms with Crippen LogP contribution in [0.25, 0.3) is 10.9 Å². The van der Waals surface area contributed by atoms with Gasteiger partial charge in [0.15, 0.2) is 0 Å². The Morgan fingerprint density at radius 1 is 1.30 bits per heavy atom. The molecule has 0 bridgehead atoms. The fraction of sp³-hybridized carbons (Fsp3) is 0.471. The highest BCUT2D eigenvalue weighted by Gasteiger charge is 2.45. The van der Waals surface area contributed by atoms with Crippen LogP contribution in [0.2, 0.25) is 0 Å². The summed E-state index contributed by atoms with van der Waals surface area (Å²) in [4.78, 5) is 32.8. The Labute approximate surface area is 134 Å². The molecule has 6 heteroatoms. The number of carbonyl (C=O) groups is 1. The normalized spacial score (nSPS) is 23.9. The number of fused-ring (bicyclic) bond motifs is 1. The molecule has 1 saturated heterocycles. The van der Waals surface area contributed by atoms with Gasteiger partial charge >= 0.3 is 5.69 Å². The third-order valence-electron chi connectivity index (χ3n) is 5.04. The monoisotopic (exact) mass is 315 g/mol. The second kappa shape index (κ2) is 5.16. The number of aliphatic hydroxyl groups is 1. The van der Waals surface area contributed by atoms with Crippen LogP contribution in [0.4, 0.5) is 0 Å². The number of nitrogens with one attached hydrogen (secondary N) is 1. The average molecular weight is 315 g/mol. The molecule has 0 radical (unpaired) electrons. The summed E-state index contributed by atoms with van der Waals surface area (Å²) >= 11 is 0. The van der Waals surface area contributed by atoms with Crippen LogP contribution in [0.5, 0.6) is 0 Å². The maximum atomic E-state index is 12.9. The quantitative estimate of drug-likeness (QED) is 0.836. The maximum Gasteiger partial charge on any atom is 0.346 e. The van der Waals surface area contributed by atoms with E-state index >= 15 is 0 Å². The zero-order chi connectivity index (χ0) is 16.8. The summed E-state index contributed by atoms with van der Waals surface area (Å²) in [5, 5.41) is 11.1. The van der Waals surface area contributed by atoms with Crippen molar-refractivity contribution < 1.29 is 9.90 Å². The lowest BCUT2D eigenvalue weighted by atomic mass is 9.71. The number of hydrogen-bond acceptors (Lipinski definition) is 4. The molecular weight excluding hydrogens is 294 g/mol. The average Bonchev–Trinajstić information content (AvgIpc) is 2.48. The molecular formula is C17H21N3O3. The van der Waals surface area contributed by atoms with E-state index in [2.05, 4.69) is 9.97 Å². The fourth-order valence-corrected chi connectivity index (χ4v) is 3.01. The van der Waals surface area contributed by atoms with Crippen molar-refractivity contribution in [2.75, 3.05) is 13.1 Å². The molecule has 1 atom stereocenters. The van der Waals surface area contributed by atoms with Gasteiger partial charge in [0.05, 0.1) is 11.1 Å². The second-order valence-corrected chi connectivity index (χ2v) is 7.07.